The van der Waals surface area contributed by atoms with E-state index in [0.29, 0.717) is 113 Å². The van der Waals surface area contributed by atoms with Crippen LogP contribution in [-0.2, 0) is 52.7 Å². The highest BCUT2D eigenvalue weighted by atomic mass is 16.6. The molecule has 1 amide bonds. The van der Waals surface area contributed by atoms with Crippen LogP contribution < -0.4 is 37.2 Å². The maximum Gasteiger partial charge on any atom is 0.221 e. The van der Waals surface area contributed by atoms with Gasteiger partial charge in [0.2, 0.25) is 5.91 Å². The number of anilines is 3. The fourth-order valence-electron chi connectivity index (χ4n) is 13.7. The molecule has 34 nitrogen and oxygen atoms in total. The number of amides is 1. The largest absolute Gasteiger partial charge is 0.390 e. The molecule has 1 aliphatic carbocycles. The first kappa shape index (κ1) is 77.4. The van der Waals surface area contributed by atoms with Crippen LogP contribution in [0.1, 0.15) is 113 Å². The van der Waals surface area contributed by atoms with Crippen molar-refractivity contribution in [1.82, 2.24) is 84.7 Å². The molecule has 5 fully saturated rings. The van der Waals surface area contributed by atoms with Gasteiger partial charge in [0.05, 0.1) is 63.5 Å². The highest BCUT2D eigenvalue weighted by Crippen LogP contribution is 2.38. The van der Waals surface area contributed by atoms with Gasteiger partial charge in [-0.2, -0.15) is 0 Å². The number of rotatable bonds is 27. The third-order valence-electron chi connectivity index (χ3n) is 19.2. The smallest absolute Gasteiger partial charge is 0.221 e. The predicted octanol–water partition coefficient (Wildman–Crippen LogP) is 1.18. The second-order valence-electron chi connectivity index (χ2n) is 28.1. The second-order valence-corrected chi connectivity index (χ2v) is 28.1. The average molecular weight is 1450 g/mol. The Morgan fingerprint density at radius 3 is 1.37 bits per heavy atom. The van der Waals surface area contributed by atoms with Gasteiger partial charge in [0.25, 0.3) is 0 Å². The van der Waals surface area contributed by atoms with E-state index in [4.69, 9.17) is 33.4 Å². The van der Waals surface area contributed by atoms with E-state index < -0.39 is 79.2 Å². The van der Waals surface area contributed by atoms with Gasteiger partial charge >= 0.3 is 0 Å². The average Bonchev–Trinajstić information content (AvgIpc) is 1.33. The van der Waals surface area contributed by atoms with Crippen LogP contribution in [0.25, 0.3) is 33.5 Å². The number of carbonyl (C=O) groups excluding carboxylic acids is 1. The molecule has 10 heterocycles. The molecule has 566 valence electrons. The summed E-state index contributed by atoms with van der Waals surface area (Å²) in [6, 6.07) is 22.2. The van der Waals surface area contributed by atoms with Crippen LogP contribution in [0.3, 0.4) is 0 Å². The number of carbonyl (C=O) groups is 1. The summed E-state index contributed by atoms with van der Waals surface area (Å²) in [5.41, 5.74) is 4.91. The van der Waals surface area contributed by atoms with E-state index in [1.807, 2.05) is 27.7 Å². The zero-order valence-corrected chi connectivity index (χ0v) is 60.6. The van der Waals surface area contributed by atoms with Crippen LogP contribution in [0, 0.1) is 0 Å². The number of imidazole rings is 3. The number of fused-ring (bicyclic) bond motifs is 3. The number of aliphatic hydroxyl groups excluding tert-OH is 6. The minimum absolute atomic E-state index is 0.0353. The van der Waals surface area contributed by atoms with Crippen LogP contribution in [0.4, 0.5) is 17.5 Å². The van der Waals surface area contributed by atoms with Crippen molar-refractivity contribution in [2.75, 3.05) is 104 Å². The van der Waals surface area contributed by atoms with Crippen LogP contribution in [0.2, 0.25) is 0 Å². The molecule has 5 aliphatic rings. The summed E-state index contributed by atoms with van der Waals surface area (Å²) in [5, 5.41) is 95.2. The first-order chi connectivity index (χ1) is 50.0. The third kappa shape index (κ3) is 18.0. The van der Waals surface area contributed by atoms with Crippen molar-refractivity contribution in [3.05, 3.63) is 108 Å². The zero-order chi connectivity index (χ0) is 74.0. The molecule has 4 saturated heterocycles. The molecule has 0 bridgehead atoms. The zero-order valence-electron chi connectivity index (χ0n) is 60.6. The standard InChI is InChI=1S/C30H37N7O4.C20H33N7O5.C20H32N6O5/c1-31-28-24-29(37(18-33-24)30-27(39)26(38)22(41-30)17-40-2)35-23(34-28)13-14-32-21-15-36(16-21)25(19-9-5-3-6-10-19)20-11-7-4-8-12-20;1-20(2,3)26-13(28)6-7-22-8-12-24-17(21-4)14-18(25-12)27(10-23-14)19-16(30)15(29)11(32-19)9-31-5;1-20(29)6-4-11(5-7-20)22-8-13-24-17(21-2)14-18(25-13)26(10-23-14)19-16(28)15(27)12(31-19)9-30-3/h3-12,18,21-22,25-27,30,32,38-39H,13-17H2,1-2H3,(H,31,34,35);10-11,15-16,19,22,29-30H,6-9H2,1-5H3,(H,26,28)(H,21,24,25);10-12,15-16,19,22,27-29H,4-9H2,1-3H3,(H,21,24,25)/t22-,26-,27-,30-;11-,15-,16-,19-;11?,12-,15-,16-,19-,20?/m111/s1. The molecule has 13 rings (SSSR count). The minimum atomic E-state index is -1.16. The van der Waals surface area contributed by atoms with E-state index in [0.717, 1.165) is 45.3 Å². The molecule has 6 aromatic heterocycles. The lowest BCUT2D eigenvalue weighted by Crippen LogP contribution is -2.59. The van der Waals surface area contributed by atoms with Crippen molar-refractivity contribution in [1.29, 1.82) is 0 Å². The Bertz CT molecular complexity index is 4020. The van der Waals surface area contributed by atoms with Crippen LogP contribution >= 0.6 is 0 Å². The lowest BCUT2D eigenvalue weighted by atomic mass is 9.84. The van der Waals surface area contributed by atoms with Crippen molar-refractivity contribution in [3.63, 3.8) is 0 Å². The Morgan fingerprint density at radius 1 is 0.558 bits per heavy atom. The van der Waals surface area contributed by atoms with Gasteiger partial charge in [-0.1, -0.05) is 60.7 Å². The highest BCUT2D eigenvalue weighted by molar-refractivity contribution is 5.84. The first-order valence-corrected chi connectivity index (χ1v) is 35.3. The molecule has 12 atom stereocenters. The number of nitrogens with one attached hydrogen (secondary N) is 7. The minimum Gasteiger partial charge on any atom is -0.390 e. The molecule has 8 aromatic rings. The van der Waals surface area contributed by atoms with Gasteiger partial charge < -0.3 is 101 Å². The van der Waals surface area contributed by atoms with Gasteiger partial charge in [-0.25, -0.2) is 44.9 Å². The normalized spacial score (nSPS) is 26.5. The SMILES string of the molecule is CNc1nc(CCNC2CN(C(c3ccccc3)c3ccccc3)C2)nc2c1ncn2[C@@H]1O[C@H](COC)[C@@H](O)[C@H]1O.CNc1nc(CNC2CCC(C)(O)CC2)nc2c1ncn2[C@@H]1O[C@H](COC)[C@@H](O)[C@H]1O.CNc1nc(CNCCC(=O)NC(C)(C)C)nc2c1ncn2[C@@H]1O[C@H](COC)[C@@H](O)[C@H]1O. The van der Waals surface area contributed by atoms with E-state index >= 15 is 0 Å². The number of aromatic nitrogens is 12. The molecule has 104 heavy (non-hydrogen) atoms. The summed E-state index contributed by atoms with van der Waals surface area (Å²) in [4.78, 5) is 55.4. The van der Waals surface area contributed by atoms with Crippen molar-refractivity contribution in [2.24, 2.45) is 0 Å². The van der Waals surface area contributed by atoms with Crippen molar-refractivity contribution in [2.45, 2.75) is 182 Å². The van der Waals surface area contributed by atoms with Gasteiger partial charge in [-0.05, 0) is 64.5 Å². The Morgan fingerprint density at radius 2 is 0.962 bits per heavy atom. The molecule has 1 saturated carbocycles. The summed E-state index contributed by atoms with van der Waals surface area (Å²) in [7, 11) is 9.83. The number of nitrogens with zero attached hydrogens (tertiary/aromatic N) is 13. The molecule has 34 heteroatoms. The number of methoxy groups -OCH3 is 3. The second kappa shape index (κ2) is 34.7. The van der Waals surface area contributed by atoms with E-state index in [-0.39, 0.29) is 37.3 Å². The monoisotopic (exact) mass is 1450 g/mol. The predicted molar refractivity (Wildman–Crippen MR) is 384 cm³/mol. The van der Waals surface area contributed by atoms with E-state index in [9.17, 15) is 40.5 Å². The van der Waals surface area contributed by atoms with Crippen molar-refractivity contribution >= 4 is 56.9 Å². The van der Waals surface area contributed by atoms with E-state index in [1.54, 1.807) is 41.2 Å². The van der Waals surface area contributed by atoms with Gasteiger partial charge in [0, 0.05) is 99.1 Å². The highest BCUT2D eigenvalue weighted by Gasteiger charge is 2.47. The van der Waals surface area contributed by atoms with E-state index in [2.05, 4.69) is 143 Å². The summed E-state index contributed by atoms with van der Waals surface area (Å²) >= 11 is 0. The van der Waals surface area contributed by atoms with Gasteiger partial charge in [0.15, 0.2) is 69.6 Å². The molecule has 0 radical (unpaired) electrons. The number of hydrogen-bond acceptors (Lipinski definition) is 30. The number of ether oxygens (including phenoxy) is 6. The molecule has 14 N–H and O–H groups in total. The Balaban J connectivity index is 0.000000158. The fraction of sp³-hybridized carbons (Fsp3) is 0.600. The summed E-state index contributed by atoms with van der Waals surface area (Å²) < 4.78 is 37.7. The molecule has 2 aromatic carbocycles. The maximum atomic E-state index is 12.0. The molecule has 0 spiro atoms. The number of likely N-dealkylation sites (tertiary alicyclic amines) is 1. The first-order valence-electron chi connectivity index (χ1n) is 35.3. The third-order valence-corrected chi connectivity index (χ3v) is 19.2. The summed E-state index contributed by atoms with van der Waals surface area (Å²) in [6.07, 6.45) is -2.27. The van der Waals surface area contributed by atoms with E-state index in [1.165, 1.54) is 45.1 Å². The van der Waals surface area contributed by atoms with Crippen LogP contribution in [-0.4, -0.2) is 272 Å². The number of benzene rings is 2. The van der Waals surface area contributed by atoms with Crippen molar-refractivity contribution < 1.29 is 69.0 Å². The fourth-order valence-corrected chi connectivity index (χ4v) is 13.7. The molecule has 0 unspecified atom stereocenters. The topological polar surface area (TPSA) is 432 Å². The summed E-state index contributed by atoms with van der Waals surface area (Å²) in [6.45, 7) is 12.1. The Kier molecular flexibility index (Phi) is 25.8. The number of aliphatic hydroxyl groups is 7. The van der Waals surface area contributed by atoms with Gasteiger partial charge in [0.1, 0.15) is 72.4 Å². The van der Waals surface area contributed by atoms with Crippen LogP contribution in [0.15, 0.2) is 79.6 Å². The maximum absolute atomic E-state index is 12.0. The van der Waals surface area contributed by atoms with Gasteiger partial charge in [-0.3, -0.25) is 23.4 Å². The lowest BCUT2D eigenvalue weighted by Gasteiger charge is -2.45. The lowest BCUT2D eigenvalue weighted by molar-refractivity contribution is -0.122. The summed E-state index contributed by atoms with van der Waals surface area (Å²) in [5.74, 6) is 3.39. The molecular formula is C70H102N20O14. The molecule has 4 aliphatic heterocycles. The number of hydrogen-bond donors (Lipinski definition) is 14. The van der Waals surface area contributed by atoms with Gasteiger partial charge in [-0.15, -0.1) is 0 Å². The quantitative estimate of drug-likeness (QED) is 0.0321. The van der Waals surface area contributed by atoms with Crippen LogP contribution in [0.5, 0.6) is 0 Å². The Labute approximate surface area is 603 Å². The Hall–Kier alpha value is -7.72. The van der Waals surface area contributed by atoms with Crippen molar-refractivity contribution in [3.8, 4) is 0 Å². The molecular weight excluding hydrogens is 1340 g/mol.